The minimum atomic E-state index is -0.314. The van der Waals surface area contributed by atoms with Gasteiger partial charge in [-0.15, -0.1) is 22.9 Å². The lowest BCUT2D eigenvalue weighted by Crippen LogP contribution is -2.13. The van der Waals surface area contributed by atoms with Gasteiger partial charge in [-0.1, -0.05) is 37.5 Å². The number of esters is 1. The number of H-pyrrole nitrogens is 1. The Kier molecular flexibility index (Phi) is 5.92. The van der Waals surface area contributed by atoms with Crippen molar-refractivity contribution in [3.63, 3.8) is 0 Å². The van der Waals surface area contributed by atoms with Crippen LogP contribution in [0.1, 0.15) is 53.3 Å². The first-order valence-electron chi connectivity index (χ1n) is 9.81. The molecule has 29 heavy (non-hydrogen) atoms. The average molecular weight is 431 g/mol. The number of anilines is 1. The zero-order valence-corrected chi connectivity index (χ0v) is 17.8. The van der Waals surface area contributed by atoms with Gasteiger partial charge in [0.15, 0.2) is 0 Å². The van der Waals surface area contributed by atoms with Crippen molar-refractivity contribution in [2.24, 2.45) is 0 Å². The molecular formula is C22H23ClN2O3S. The number of amides is 1. The van der Waals surface area contributed by atoms with E-state index in [9.17, 15) is 9.59 Å². The predicted molar refractivity (Wildman–Crippen MR) is 118 cm³/mol. The van der Waals surface area contributed by atoms with Crippen molar-refractivity contribution in [1.82, 2.24) is 4.98 Å². The van der Waals surface area contributed by atoms with Gasteiger partial charge in [0, 0.05) is 5.56 Å². The summed E-state index contributed by atoms with van der Waals surface area (Å²) in [5.74, 6) is -0.217. The van der Waals surface area contributed by atoms with Gasteiger partial charge in [0.2, 0.25) is 5.91 Å². The van der Waals surface area contributed by atoms with Gasteiger partial charge in [0.25, 0.3) is 0 Å². The molecule has 4 rings (SSSR count). The number of rotatable bonds is 5. The van der Waals surface area contributed by atoms with E-state index in [2.05, 4.69) is 10.3 Å². The number of para-hydroxylation sites is 1. The van der Waals surface area contributed by atoms with Crippen molar-refractivity contribution in [3.05, 3.63) is 40.8 Å². The maximum Gasteiger partial charge on any atom is 0.348 e. The average Bonchev–Trinajstić information content (AvgIpc) is 3.32. The number of carbonyl (C=O) groups is 2. The number of nitrogens with one attached hydrogen (secondary N) is 2. The molecular weight excluding hydrogens is 408 g/mol. The molecule has 3 aromatic rings. The molecule has 2 aromatic heterocycles. The smallest absolute Gasteiger partial charge is 0.348 e. The molecule has 5 nitrogen and oxygen atoms in total. The number of halogens is 1. The summed E-state index contributed by atoms with van der Waals surface area (Å²) in [6, 6.07) is 9.62. The van der Waals surface area contributed by atoms with Gasteiger partial charge in [-0.3, -0.25) is 4.79 Å². The van der Waals surface area contributed by atoms with Crippen molar-refractivity contribution in [2.45, 2.75) is 38.0 Å². The van der Waals surface area contributed by atoms with Crippen LogP contribution in [-0.4, -0.2) is 29.9 Å². The maximum atomic E-state index is 12.0. The summed E-state index contributed by atoms with van der Waals surface area (Å²) in [6.45, 7) is 0. The number of aromatic amines is 1. The van der Waals surface area contributed by atoms with E-state index < -0.39 is 0 Å². The van der Waals surface area contributed by atoms with Gasteiger partial charge < -0.3 is 15.0 Å². The molecule has 0 unspecified atom stereocenters. The fourth-order valence-electron chi connectivity index (χ4n) is 4.19. The molecule has 0 spiro atoms. The Labute approximate surface area is 178 Å². The normalized spacial score (nSPS) is 14.8. The molecule has 2 heterocycles. The van der Waals surface area contributed by atoms with Crippen LogP contribution in [-0.2, 0) is 9.53 Å². The van der Waals surface area contributed by atoms with Gasteiger partial charge in [0.1, 0.15) is 10.8 Å². The van der Waals surface area contributed by atoms with Gasteiger partial charge in [-0.05, 0) is 36.5 Å². The quantitative estimate of drug-likeness (QED) is 0.390. The number of aromatic nitrogens is 1. The first-order valence-corrected chi connectivity index (χ1v) is 11.2. The van der Waals surface area contributed by atoms with Crippen LogP contribution in [0.5, 0.6) is 0 Å². The zero-order valence-electron chi connectivity index (χ0n) is 16.2. The minimum Gasteiger partial charge on any atom is -0.465 e. The fourth-order valence-corrected chi connectivity index (χ4v) is 5.42. The van der Waals surface area contributed by atoms with Crippen LogP contribution in [0.4, 0.5) is 5.69 Å². The lowest BCUT2D eigenvalue weighted by atomic mass is 9.83. The summed E-state index contributed by atoms with van der Waals surface area (Å²) in [4.78, 5) is 28.1. The number of thiophene rings is 1. The standard InChI is InChI=1S/C22H23ClN2O3S/c1-28-22(27)17-11-16-21(29-17)19(13-7-3-2-4-8-13)20(25-16)14-9-5-6-10-15(14)24-18(26)12-23/h5-6,9-11,13,25H,2-4,7-8,12H2,1H3,(H,24,26). The van der Waals surface area contributed by atoms with Gasteiger partial charge in [-0.2, -0.15) is 0 Å². The third kappa shape index (κ3) is 3.91. The molecule has 0 atom stereocenters. The highest BCUT2D eigenvalue weighted by atomic mass is 35.5. The number of fused-ring (bicyclic) bond motifs is 1. The van der Waals surface area contributed by atoms with Crippen LogP contribution >= 0.6 is 22.9 Å². The summed E-state index contributed by atoms with van der Waals surface area (Å²) in [7, 11) is 1.40. The van der Waals surface area contributed by atoms with E-state index in [0.29, 0.717) is 10.8 Å². The van der Waals surface area contributed by atoms with E-state index in [4.69, 9.17) is 16.3 Å². The van der Waals surface area contributed by atoms with E-state index in [-0.39, 0.29) is 17.8 Å². The van der Waals surface area contributed by atoms with Crippen molar-refractivity contribution in [3.8, 4) is 11.3 Å². The van der Waals surface area contributed by atoms with Crippen molar-refractivity contribution in [2.75, 3.05) is 18.3 Å². The minimum absolute atomic E-state index is 0.0911. The SMILES string of the molecule is COC(=O)c1cc2[nH]c(-c3ccccc3NC(=O)CCl)c(C3CCCCC3)c2s1. The van der Waals surface area contributed by atoms with Gasteiger partial charge in [0.05, 0.1) is 28.7 Å². The number of methoxy groups -OCH3 is 1. The Bertz CT molecular complexity index is 1050. The van der Waals surface area contributed by atoms with Crippen LogP contribution < -0.4 is 5.32 Å². The summed E-state index contributed by atoms with van der Waals surface area (Å²) in [5.41, 5.74) is 4.86. The van der Waals surface area contributed by atoms with Crippen molar-refractivity contribution in [1.29, 1.82) is 0 Å². The second kappa shape index (κ2) is 8.59. The second-order valence-electron chi connectivity index (χ2n) is 7.32. The Morgan fingerprint density at radius 2 is 2.00 bits per heavy atom. The van der Waals surface area contributed by atoms with E-state index in [1.165, 1.54) is 43.3 Å². The third-order valence-corrected chi connectivity index (χ3v) is 6.89. The summed E-state index contributed by atoms with van der Waals surface area (Å²) in [6.07, 6.45) is 5.93. The van der Waals surface area contributed by atoms with Crippen LogP contribution in [0, 0.1) is 0 Å². The Morgan fingerprint density at radius 1 is 1.24 bits per heavy atom. The molecule has 0 saturated heterocycles. The highest BCUT2D eigenvalue weighted by molar-refractivity contribution is 7.21. The van der Waals surface area contributed by atoms with E-state index >= 15 is 0 Å². The zero-order chi connectivity index (χ0) is 20.4. The number of carbonyl (C=O) groups excluding carboxylic acids is 2. The second-order valence-corrected chi connectivity index (χ2v) is 8.64. The fraction of sp³-hybridized carbons (Fsp3) is 0.364. The van der Waals surface area contributed by atoms with Crippen LogP contribution in [0.2, 0.25) is 0 Å². The summed E-state index contributed by atoms with van der Waals surface area (Å²) < 4.78 is 6.01. The first-order chi connectivity index (χ1) is 14.1. The van der Waals surface area contributed by atoms with E-state index in [0.717, 1.165) is 40.0 Å². The Balaban J connectivity index is 1.87. The lowest BCUT2D eigenvalue weighted by Gasteiger charge is -2.23. The van der Waals surface area contributed by atoms with Crippen LogP contribution in [0.3, 0.4) is 0 Å². The molecule has 1 amide bonds. The molecule has 0 aliphatic heterocycles. The largest absolute Gasteiger partial charge is 0.465 e. The third-order valence-electron chi connectivity index (χ3n) is 5.50. The van der Waals surface area contributed by atoms with Crippen molar-refractivity contribution >= 4 is 50.7 Å². The molecule has 1 saturated carbocycles. The molecule has 1 aromatic carbocycles. The molecule has 0 bridgehead atoms. The number of hydrogen-bond acceptors (Lipinski definition) is 4. The number of hydrogen-bond donors (Lipinski definition) is 2. The van der Waals surface area contributed by atoms with Gasteiger partial charge >= 0.3 is 5.97 Å². The van der Waals surface area contributed by atoms with Crippen LogP contribution in [0.25, 0.3) is 21.5 Å². The Hall–Kier alpha value is -2.31. The molecule has 7 heteroatoms. The molecule has 2 N–H and O–H groups in total. The highest BCUT2D eigenvalue weighted by Crippen LogP contribution is 2.46. The molecule has 1 aliphatic carbocycles. The highest BCUT2D eigenvalue weighted by Gasteiger charge is 2.27. The first kappa shape index (κ1) is 20.0. The molecule has 152 valence electrons. The van der Waals surface area contributed by atoms with E-state index in [1.807, 2.05) is 30.3 Å². The summed E-state index contributed by atoms with van der Waals surface area (Å²) in [5, 5.41) is 2.90. The summed E-state index contributed by atoms with van der Waals surface area (Å²) >= 11 is 7.17. The molecule has 1 fully saturated rings. The lowest BCUT2D eigenvalue weighted by molar-refractivity contribution is -0.113. The van der Waals surface area contributed by atoms with Crippen LogP contribution in [0.15, 0.2) is 30.3 Å². The molecule has 0 radical (unpaired) electrons. The topological polar surface area (TPSA) is 71.2 Å². The predicted octanol–water partition coefficient (Wildman–Crippen LogP) is 5.91. The number of benzene rings is 1. The molecule has 1 aliphatic rings. The number of ether oxygens (including phenoxy) is 1. The van der Waals surface area contributed by atoms with E-state index in [1.54, 1.807) is 0 Å². The monoisotopic (exact) mass is 430 g/mol. The number of alkyl halides is 1. The van der Waals surface area contributed by atoms with Gasteiger partial charge in [-0.25, -0.2) is 4.79 Å². The Morgan fingerprint density at radius 3 is 2.72 bits per heavy atom. The van der Waals surface area contributed by atoms with Crippen molar-refractivity contribution < 1.29 is 14.3 Å². The maximum absolute atomic E-state index is 12.0.